The van der Waals surface area contributed by atoms with Gasteiger partial charge in [0.25, 0.3) is 0 Å². The highest BCUT2D eigenvalue weighted by atomic mass is 14.2. The van der Waals surface area contributed by atoms with Crippen molar-refractivity contribution in [3.8, 4) is 0 Å². The van der Waals surface area contributed by atoms with Gasteiger partial charge in [0.2, 0.25) is 0 Å². The third kappa shape index (κ3) is 2.00. The van der Waals surface area contributed by atoms with Gasteiger partial charge in [0.1, 0.15) is 0 Å². The van der Waals surface area contributed by atoms with Crippen LogP contribution in [0.4, 0.5) is 0 Å². The average molecular weight is 222 g/mol. The topological polar surface area (TPSA) is 0 Å². The minimum Gasteiger partial charge on any atom is -0.0695 e. The summed E-state index contributed by atoms with van der Waals surface area (Å²) >= 11 is 0. The van der Waals surface area contributed by atoms with Crippen LogP contribution >= 0.6 is 0 Å². The Morgan fingerprint density at radius 2 is 1.59 bits per heavy atom. The normalized spacial score (nSPS) is 16.5. The van der Waals surface area contributed by atoms with Crippen molar-refractivity contribution in [2.75, 3.05) is 0 Å². The molecule has 3 rings (SSSR count). The molecular weight excluding hydrogens is 204 g/mol. The molecule has 86 valence electrons. The summed E-state index contributed by atoms with van der Waals surface area (Å²) in [4.78, 5) is 0. The van der Waals surface area contributed by atoms with Crippen molar-refractivity contribution in [1.82, 2.24) is 0 Å². The summed E-state index contributed by atoms with van der Waals surface area (Å²) in [6.07, 6.45) is 5.24. The van der Waals surface area contributed by atoms with E-state index in [1.165, 1.54) is 42.0 Å². The average Bonchev–Trinajstić information content (AvgIpc) is 2.39. The molecule has 0 saturated carbocycles. The van der Waals surface area contributed by atoms with Gasteiger partial charge in [0, 0.05) is 0 Å². The second-order valence-electron chi connectivity index (χ2n) is 5.03. The first-order valence-electron chi connectivity index (χ1n) is 6.52. The molecule has 0 unspecified atom stereocenters. The van der Waals surface area contributed by atoms with E-state index in [9.17, 15) is 0 Å². The first kappa shape index (κ1) is 10.6. The van der Waals surface area contributed by atoms with Gasteiger partial charge in [-0.3, -0.25) is 0 Å². The minimum atomic E-state index is 1.25. The highest BCUT2D eigenvalue weighted by molar-refractivity contribution is 5.86. The lowest BCUT2D eigenvalue weighted by atomic mass is 9.87. The molecule has 0 aliphatic heterocycles. The maximum Gasteiger partial charge on any atom is -0.0178 e. The van der Waals surface area contributed by atoms with E-state index in [2.05, 4.69) is 49.4 Å². The summed E-state index contributed by atoms with van der Waals surface area (Å²) in [6, 6.07) is 15.5. The van der Waals surface area contributed by atoms with E-state index in [-0.39, 0.29) is 0 Å². The van der Waals surface area contributed by atoms with Crippen molar-refractivity contribution in [1.29, 1.82) is 0 Å². The first-order valence-corrected chi connectivity index (χ1v) is 6.52. The molecule has 17 heavy (non-hydrogen) atoms. The smallest absolute Gasteiger partial charge is 0.0178 e. The number of rotatable bonds is 1. The maximum atomic E-state index is 2.35. The Labute approximate surface area is 103 Å². The van der Waals surface area contributed by atoms with Gasteiger partial charge in [-0.2, -0.15) is 0 Å². The molecule has 0 radical (unpaired) electrons. The van der Waals surface area contributed by atoms with Crippen LogP contribution in [0.2, 0.25) is 0 Å². The fourth-order valence-electron chi connectivity index (χ4n) is 2.82. The lowest BCUT2D eigenvalue weighted by Crippen LogP contribution is -1.96. The third-order valence-corrected chi connectivity index (χ3v) is 3.84. The minimum absolute atomic E-state index is 1.25. The van der Waals surface area contributed by atoms with E-state index >= 15 is 0 Å². The zero-order valence-corrected chi connectivity index (χ0v) is 10.4. The molecule has 0 atom stereocenters. The van der Waals surface area contributed by atoms with E-state index in [0.717, 1.165) is 0 Å². The van der Waals surface area contributed by atoms with Gasteiger partial charge in [-0.15, -0.1) is 0 Å². The molecule has 0 bridgehead atoms. The van der Waals surface area contributed by atoms with Gasteiger partial charge >= 0.3 is 0 Å². The molecule has 2 aromatic rings. The summed E-state index contributed by atoms with van der Waals surface area (Å²) in [6.45, 7) is 2.30. The van der Waals surface area contributed by atoms with Crippen molar-refractivity contribution in [3.63, 3.8) is 0 Å². The molecule has 1 aliphatic rings. The summed E-state index contributed by atoms with van der Waals surface area (Å²) in [5.41, 5.74) is 4.61. The monoisotopic (exact) mass is 222 g/mol. The molecule has 1 aliphatic carbocycles. The van der Waals surface area contributed by atoms with Crippen molar-refractivity contribution >= 4 is 16.3 Å². The number of benzene rings is 2. The quantitative estimate of drug-likeness (QED) is 0.623. The Morgan fingerprint density at radius 3 is 2.41 bits per heavy atom. The zero-order chi connectivity index (χ0) is 11.7. The molecule has 2 aromatic carbocycles. The Balaban J connectivity index is 2.11. The van der Waals surface area contributed by atoms with E-state index in [4.69, 9.17) is 0 Å². The molecule has 0 amide bonds. The fourth-order valence-corrected chi connectivity index (χ4v) is 2.82. The van der Waals surface area contributed by atoms with Gasteiger partial charge in [-0.1, -0.05) is 42.0 Å². The summed E-state index contributed by atoms with van der Waals surface area (Å²) in [5, 5.41) is 2.70. The van der Waals surface area contributed by atoms with E-state index in [1.807, 2.05) is 0 Å². The molecule has 0 N–H and O–H groups in total. The molecule has 0 spiro atoms. The largest absolute Gasteiger partial charge is 0.0695 e. The predicted octanol–water partition coefficient (Wildman–Crippen LogP) is 5.19. The van der Waals surface area contributed by atoms with Gasteiger partial charge in [-0.05, 0) is 60.6 Å². The SMILES string of the molecule is CC1=C(c2ccc3ccccc3c2)CCCC1. The number of hydrogen-bond acceptors (Lipinski definition) is 0. The lowest BCUT2D eigenvalue weighted by molar-refractivity contribution is 0.714. The fraction of sp³-hybridized carbons (Fsp3) is 0.294. The highest BCUT2D eigenvalue weighted by Crippen LogP contribution is 2.33. The van der Waals surface area contributed by atoms with E-state index < -0.39 is 0 Å². The zero-order valence-electron chi connectivity index (χ0n) is 10.4. The highest BCUT2D eigenvalue weighted by Gasteiger charge is 2.11. The summed E-state index contributed by atoms with van der Waals surface area (Å²) in [5.74, 6) is 0. The van der Waals surface area contributed by atoms with Crippen LogP contribution < -0.4 is 0 Å². The van der Waals surface area contributed by atoms with Crippen molar-refractivity contribution in [2.24, 2.45) is 0 Å². The lowest BCUT2D eigenvalue weighted by Gasteiger charge is -2.18. The molecule has 0 heteroatoms. The van der Waals surface area contributed by atoms with Crippen LogP contribution in [0.3, 0.4) is 0 Å². The van der Waals surface area contributed by atoms with Crippen LogP contribution in [0, 0.1) is 0 Å². The summed E-state index contributed by atoms with van der Waals surface area (Å²) in [7, 11) is 0. The Bertz CT molecular complexity index is 575. The van der Waals surface area contributed by atoms with Gasteiger partial charge in [0.15, 0.2) is 0 Å². The molecular formula is C17H18. The van der Waals surface area contributed by atoms with Crippen LogP contribution in [0.5, 0.6) is 0 Å². The van der Waals surface area contributed by atoms with Crippen LogP contribution in [0.15, 0.2) is 48.0 Å². The van der Waals surface area contributed by atoms with Gasteiger partial charge < -0.3 is 0 Å². The van der Waals surface area contributed by atoms with Crippen molar-refractivity contribution < 1.29 is 0 Å². The van der Waals surface area contributed by atoms with Crippen LogP contribution in [-0.4, -0.2) is 0 Å². The summed E-state index contributed by atoms with van der Waals surface area (Å²) < 4.78 is 0. The second-order valence-corrected chi connectivity index (χ2v) is 5.03. The van der Waals surface area contributed by atoms with Crippen LogP contribution in [-0.2, 0) is 0 Å². The standard InChI is InChI=1S/C17H18/c1-13-6-2-5-9-17(13)16-11-10-14-7-3-4-8-15(14)12-16/h3-4,7-8,10-12H,2,5-6,9H2,1H3. The third-order valence-electron chi connectivity index (χ3n) is 3.84. The number of allylic oxidation sites excluding steroid dienone is 2. The predicted molar refractivity (Wildman–Crippen MR) is 75.0 cm³/mol. The molecule has 0 fully saturated rings. The first-order chi connectivity index (χ1) is 8.34. The number of hydrogen-bond donors (Lipinski definition) is 0. The van der Waals surface area contributed by atoms with Gasteiger partial charge in [-0.25, -0.2) is 0 Å². The molecule has 0 aromatic heterocycles. The van der Waals surface area contributed by atoms with Crippen LogP contribution in [0.25, 0.3) is 16.3 Å². The van der Waals surface area contributed by atoms with Gasteiger partial charge in [0.05, 0.1) is 0 Å². The van der Waals surface area contributed by atoms with Crippen LogP contribution in [0.1, 0.15) is 38.2 Å². The molecule has 0 nitrogen and oxygen atoms in total. The van der Waals surface area contributed by atoms with E-state index in [0.29, 0.717) is 0 Å². The Morgan fingerprint density at radius 1 is 0.824 bits per heavy atom. The molecule has 0 saturated heterocycles. The number of fused-ring (bicyclic) bond motifs is 1. The van der Waals surface area contributed by atoms with E-state index in [1.54, 1.807) is 11.1 Å². The maximum absolute atomic E-state index is 2.35. The Hall–Kier alpha value is -1.56. The van der Waals surface area contributed by atoms with Crippen molar-refractivity contribution in [2.45, 2.75) is 32.6 Å². The van der Waals surface area contributed by atoms with Crippen molar-refractivity contribution in [3.05, 3.63) is 53.6 Å². The second kappa shape index (κ2) is 4.37. The molecule has 0 heterocycles. The Kier molecular flexibility index (Phi) is 2.72.